The van der Waals surface area contributed by atoms with E-state index in [1.807, 2.05) is 0 Å². The third-order valence-corrected chi connectivity index (χ3v) is 17.6. The smallest absolute Gasteiger partial charge is 0.252 e. The Kier molecular flexibility index (Phi) is 10.1. The highest BCUT2D eigenvalue weighted by molar-refractivity contribution is 7.00. The van der Waals surface area contributed by atoms with Crippen molar-refractivity contribution in [3.63, 3.8) is 0 Å². The Labute approximate surface area is 472 Å². The molecule has 0 atom stereocenters. The molecule has 0 spiro atoms. The molecule has 14 aromatic rings. The molecule has 5 heterocycles. The summed E-state index contributed by atoms with van der Waals surface area (Å²) >= 11 is 0. The van der Waals surface area contributed by atoms with E-state index in [0.717, 1.165) is 78.2 Å². The molecule has 2 aliphatic heterocycles. The minimum absolute atomic E-state index is 0.00883. The summed E-state index contributed by atoms with van der Waals surface area (Å²) in [7, 11) is 0. The van der Waals surface area contributed by atoms with Crippen LogP contribution in [-0.2, 0) is 10.8 Å². The second kappa shape index (κ2) is 17.2. The fourth-order valence-electron chi connectivity index (χ4n) is 13.8. The van der Waals surface area contributed by atoms with Crippen LogP contribution in [0.3, 0.4) is 0 Å². The zero-order valence-corrected chi connectivity index (χ0v) is 46.7. The van der Waals surface area contributed by atoms with Crippen LogP contribution in [0.2, 0.25) is 0 Å². The average Bonchev–Trinajstić information content (AvgIpc) is 4.34. The highest BCUT2D eigenvalue weighted by Crippen LogP contribution is 2.50. The SMILES string of the molecule is Cc1cc2c3c(c1)N(c1cc(-c4ccccc4)cc4c1oc1c(-n5c6ccccc6c6ccccc65)cccc14)c1ccc(C(C)(C)C)cc1B3c1ccc(-n3c4ccccc4c4ccccc43)cc1N2c1ccc(C(C)(C)C)cc1. The van der Waals surface area contributed by atoms with Crippen molar-refractivity contribution in [2.45, 2.75) is 59.3 Å². The van der Waals surface area contributed by atoms with Crippen LogP contribution in [0.5, 0.6) is 0 Å². The molecule has 0 bridgehead atoms. The van der Waals surface area contributed by atoms with Crippen molar-refractivity contribution >= 4 is 123 Å². The van der Waals surface area contributed by atoms with E-state index >= 15 is 0 Å². The Morgan fingerprint density at radius 1 is 0.333 bits per heavy atom. The Hall–Kier alpha value is -9.52. The maximum Gasteiger partial charge on any atom is 0.252 e. The predicted molar refractivity (Wildman–Crippen MR) is 344 cm³/mol. The molecule has 0 saturated heterocycles. The largest absolute Gasteiger partial charge is 0.452 e. The van der Waals surface area contributed by atoms with Crippen LogP contribution in [0, 0.1) is 6.92 Å². The summed E-state index contributed by atoms with van der Waals surface area (Å²) in [4.78, 5) is 5.12. The molecule has 0 radical (unpaired) electrons. The molecule has 6 heteroatoms. The highest BCUT2D eigenvalue weighted by atomic mass is 16.3. The Morgan fingerprint density at radius 3 is 1.48 bits per heavy atom. The van der Waals surface area contributed by atoms with Crippen LogP contribution in [0.1, 0.15) is 58.2 Å². The number of para-hydroxylation sites is 5. The number of rotatable bonds is 5. The highest BCUT2D eigenvalue weighted by Gasteiger charge is 2.45. The molecule has 388 valence electrons. The van der Waals surface area contributed by atoms with Gasteiger partial charge in [-0.05, 0) is 147 Å². The Morgan fingerprint density at radius 2 is 0.864 bits per heavy atom. The summed E-state index contributed by atoms with van der Waals surface area (Å²) in [5.41, 5.74) is 25.0. The van der Waals surface area contributed by atoms with Gasteiger partial charge in [0, 0.05) is 66.4 Å². The first-order valence-corrected chi connectivity index (χ1v) is 28.5. The molecule has 2 aliphatic rings. The molecule has 0 unspecified atom stereocenters. The molecule has 11 aromatic carbocycles. The lowest BCUT2D eigenvalue weighted by atomic mass is 9.33. The number of aryl methyl sites for hydroxylation is 1. The zero-order chi connectivity index (χ0) is 54.6. The third kappa shape index (κ3) is 7.05. The zero-order valence-electron chi connectivity index (χ0n) is 46.7. The van der Waals surface area contributed by atoms with Crippen LogP contribution in [0.25, 0.3) is 88.1 Å². The van der Waals surface area contributed by atoms with Gasteiger partial charge in [-0.1, -0.05) is 187 Å². The van der Waals surface area contributed by atoms with E-state index in [-0.39, 0.29) is 17.5 Å². The molecule has 0 N–H and O–H groups in total. The van der Waals surface area contributed by atoms with Gasteiger partial charge < -0.3 is 23.4 Å². The van der Waals surface area contributed by atoms with E-state index in [1.165, 1.54) is 77.0 Å². The van der Waals surface area contributed by atoms with Crippen LogP contribution in [0.4, 0.5) is 34.1 Å². The van der Waals surface area contributed by atoms with Gasteiger partial charge in [0.2, 0.25) is 0 Å². The van der Waals surface area contributed by atoms with Crippen LogP contribution < -0.4 is 26.2 Å². The Balaban J connectivity index is 1.000. The van der Waals surface area contributed by atoms with E-state index in [0.29, 0.717) is 0 Å². The van der Waals surface area contributed by atoms with Crippen molar-refractivity contribution in [3.05, 3.63) is 247 Å². The number of aromatic nitrogens is 2. The normalized spacial score (nSPS) is 13.3. The van der Waals surface area contributed by atoms with Gasteiger partial charge in [0.05, 0.1) is 33.4 Å². The minimum Gasteiger partial charge on any atom is -0.452 e. The van der Waals surface area contributed by atoms with E-state index < -0.39 is 0 Å². The van der Waals surface area contributed by atoms with Crippen LogP contribution in [0.15, 0.2) is 235 Å². The van der Waals surface area contributed by atoms with E-state index in [1.54, 1.807) is 0 Å². The number of hydrogen-bond acceptors (Lipinski definition) is 3. The van der Waals surface area contributed by atoms with Crippen molar-refractivity contribution in [1.82, 2.24) is 9.13 Å². The summed E-state index contributed by atoms with van der Waals surface area (Å²) in [6.45, 7) is 16.1. The second-order valence-electron chi connectivity index (χ2n) is 24.6. The standard InChI is InChI=1S/C75H59BN4O/c1-46-40-68-71-69(41-46)80(70-43-48(47-20-9-8-10-21-47)42-58-57-26-19-31-66(72(57)81-73(58)70)79-63-29-17-13-24-55(63)56-25-14-18-30-64(56)79)65-39-34-50(75(5,6)7)44-60(65)76(71)59-38-37-52(45-67(59)77(68)51-35-32-49(33-36-51)74(2,3)4)78-61-27-15-11-22-53(61)54-23-12-16-28-62(54)78/h8-45H,1-7H3. The van der Waals surface area contributed by atoms with Gasteiger partial charge in [0.15, 0.2) is 11.2 Å². The summed E-state index contributed by atoms with van der Waals surface area (Å²) in [5, 5.41) is 7.08. The van der Waals surface area contributed by atoms with Gasteiger partial charge in [-0.3, -0.25) is 0 Å². The summed E-state index contributed by atoms with van der Waals surface area (Å²) in [6, 6.07) is 86.2. The molecule has 0 saturated carbocycles. The number of fused-ring (bicyclic) bond motifs is 13. The molecule has 0 amide bonds. The fourth-order valence-corrected chi connectivity index (χ4v) is 13.8. The molecule has 5 nitrogen and oxygen atoms in total. The lowest BCUT2D eigenvalue weighted by Gasteiger charge is -2.45. The topological polar surface area (TPSA) is 29.5 Å². The summed E-state index contributed by atoms with van der Waals surface area (Å²) < 4.78 is 12.5. The number of benzene rings is 11. The number of furan rings is 1. The maximum atomic E-state index is 7.64. The van der Waals surface area contributed by atoms with Crippen molar-refractivity contribution in [2.24, 2.45) is 0 Å². The van der Waals surface area contributed by atoms with Crippen molar-refractivity contribution in [2.75, 3.05) is 9.80 Å². The molecule has 16 rings (SSSR count). The van der Waals surface area contributed by atoms with E-state index in [2.05, 4.69) is 298 Å². The van der Waals surface area contributed by atoms with Crippen molar-refractivity contribution < 1.29 is 4.42 Å². The number of nitrogens with zero attached hydrogens (tertiary/aromatic N) is 4. The van der Waals surface area contributed by atoms with Gasteiger partial charge in [-0.2, -0.15) is 0 Å². The third-order valence-electron chi connectivity index (χ3n) is 17.6. The van der Waals surface area contributed by atoms with Gasteiger partial charge >= 0.3 is 0 Å². The van der Waals surface area contributed by atoms with Gasteiger partial charge in [-0.25, -0.2) is 0 Å². The Bertz CT molecular complexity index is 4820. The maximum absolute atomic E-state index is 7.64. The summed E-state index contributed by atoms with van der Waals surface area (Å²) in [6.07, 6.45) is 0. The molecular weight excluding hydrogens is 984 g/mol. The average molecular weight is 1040 g/mol. The van der Waals surface area contributed by atoms with Crippen molar-refractivity contribution in [1.29, 1.82) is 0 Å². The fraction of sp³-hybridized carbons (Fsp3) is 0.120. The van der Waals surface area contributed by atoms with E-state index in [9.17, 15) is 0 Å². The first kappa shape index (κ1) is 47.5. The predicted octanol–water partition coefficient (Wildman–Crippen LogP) is 18.4. The molecule has 3 aromatic heterocycles. The van der Waals surface area contributed by atoms with E-state index in [4.69, 9.17) is 4.42 Å². The van der Waals surface area contributed by atoms with Crippen LogP contribution >= 0.6 is 0 Å². The van der Waals surface area contributed by atoms with Gasteiger partial charge in [0.25, 0.3) is 6.71 Å². The minimum atomic E-state index is -0.114. The first-order chi connectivity index (χ1) is 39.4. The molecule has 81 heavy (non-hydrogen) atoms. The monoisotopic (exact) mass is 1040 g/mol. The lowest BCUT2D eigenvalue weighted by Crippen LogP contribution is -2.61. The number of anilines is 6. The van der Waals surface area contributed by atoms with Crippen LogP contribution in [-0.4, -0.2) is 15.8 Å². The molecular formula is C75H59BN4O. The lowest BCUT2D eigenvalue weighted by molar-refractivity contribution is 0.590. The molecule has 0 fully saturated rings. The quantitative estimate of drug-likeness (QED) is 0.161. The second-order valence-corrected chi connectivity index (χ2v) is 24.6. The summed E-state index contributed by atoms with van der Waals surface area (Å²) in [5.74, 6) is 0. The van der Waals surface area contributed by atoms with Crippen molar-refractivity contribution in [3.8, 4) is 22.5 Å². The van der Waals surface area contributed by atoms with Gasteiger partial charge in [0.1, 0.15) is 0 Å². The number of hydrogen-bond donors (Lipinski definition) is 0. The molecule has 0 aliphatic carbocycles. The first-order valence-electron chi connectivity index (χ1n) is 28.5. The van der Waals surface area contributed by atoms with Gasteiger partial charge in [-0.15, -0.1) is 0 Å².